The second kappa shape index (κ2) is 8.25. The number of nitrogens with two attached hydrogens (primary N) is 1. The lowest BCUT2D eigenvalue weighted by molar-refractivity contribution is -0.135. The molecule has 1 amide bonds. The molecule has 0 aliphatic carbocycles. The summed E-state index contributed by atoms with van der Waals surface area (Å²) >= 11 is 5.97. The molecule has 0 aliphatic heterocycles. The monoisotopic (exact) mass is 298 g/mol. The molecule has 1 atom stereocenters. The number of benzene rings is 1. The fraction of sp³-hybridized carbons (Fsp3) is 0.533. The number of carbonyl (C=O) groups is 1. The Morgan fingerprint density at radius 1 is 1.45 bits per heavy atom. The van der Waals surface area contributed by atoms with Crippen LogP contribution in [0, 0.1) is 0 Å². The number of halogens is 1. The molecule has 0 radical (unpaired) electrons. The van der Waals surface area contributed by atoms with Gasteiger partial charge < -0.3 is 15.4 Å². The summed E-state index contributed by atoms with van der Waals surface area (Å²) in [4.78, 5) is 14.2. The molecule has 0 aliphatic rings. The Hall–Kier alpha value is -1.10. The molecular formula is C15H23ClN2O2. The van der Waals surface area contributed by atoms with Crippen molar-refractivity contribution in [3.8, 4) is 0 Å². The van der Waals surface area contributed by atoms with E-state index < -0.39 is 6.04 Å². The Labute approximate surface area is 125 Å². The molecule has 0 aromatic heterocycles. The fourth-order valence-corrected chi connectivity index (χ4v) is 2.14. The molecule has 5 heteroatoms. The number of nitrogens with zero attached hydrogens (tertiary/aromatic N) is 1. The molecule has 4 nitrogen and oxygen atoms in total. The van der Waals surface area contributed by atoms with Crippen LogP contribution in [-0.2, 0) is 16.1 Å². The van der Waals surface area contributed by atoms with Gasteiger partial charge in [-0.25, -0.2) is 0 Å². The summed E-state index contributed by atoms with van der Waals surface area (Å²) in [6.45, 7) is 4.95. The highest BCUT2D eigenvalue weighted by Gasteiger charge is 2.23. The first-order valence-electron chi connectivity index (χ1n) is 6.75. The van der Waals surface area contributed by atoms with Gasteiger partial charge in [0.15, 0.2) is 0 Å². The molecule has 20 heavy (non-hydrogen) atoms. The van der Waals surface area contributed by atoms with E-state index in [9.17, 15) is 4.79 Å². The highest BCUT2D eigenvalue weighted by molar-refractivity contribution is 6.30. The van der Waals surface area contributed by atoms with Crippen molar-refractivity contribution >= 4 is 17.5 Å². The van der Waals surface area contributed by atoms with E-state index in [-0.39, 0.29) is 11.9 Å². The second-order valence-corrected chi connectivity index (χ2v) is 5.51. The van der Waals surface area contributed by atoms with Crippen LogP contribution < -0.4 is 5.73 Å². The second-order valence-electron chi connectivity index (χ2n) is 5.08. The maximum absolute atomic E-state index is 12.4. The van der Waals surface area contributed by atoms with E-state index in [1.165, 1.54) is 0 Å². The van der Waals surface area contributed by atoms with Crippen LogP contribution in [0.2, 0.25) is 5.02 Å². The quantitative estimate of drug-likeness (QED) is 0.841. The van der Waals surface area contributed by atoms with Crippen molar-refractivity contribution in [1.82, 2.24) is 4.90 Å². The number of methoxy groups -OCH3 is 1. The van der Waals surface area contributed by atoms with Crippen molar-refractivity contribution in [2.24, 2.45) is 5.73 Å². The van der Waals surface area contributed by atoms with Gasteiger partial charge in [0.1, 0.15) is 0 Å². The van der Waals surface area contributed by atoms with Gasteiger partial charge in [-0.05, 0) is 38.0 Å². The third-order valence-corrected chi connectivity index (χ3v) is 3.33. The smallest absolute Gasteiger partial charge is 0.240 e. The van der Waals surface area contributed by atoms with Crippen LogP contribution in [0.1, 0.15) is 25.8 Å². The minimum Gasteiger partial charge on any atom is -0.385 e. The van der Waals surface area contributed by atoms with Crippen molar-refractivity contribution in [2.45, 2.75) is 38.9 Å². The third kappa shape index (κ3) is 5.12. The fourth-order valence-electron chi connectivity index (χ4n) is 1.93. The average Bonchev–Trinajstić information content (AvgIpc) is 2.41. The van der Waals surface area contributed by atoms with Crippen molar-refractivity contribution in [2.75, 3.05) is 13.7 Å². The van der Waals surface area contributed by atoms with E-state index in [1.54, 1.807) is 12.0 Å². The summed E-state index contributed by atoms with van der Waals surface area (Å²) in [5, 5.41) is 0.669. The maximum atomic E-state index is 12.4. The van der Waals surface area contributed by atoms with Crippen molar-refractivity contribution < 1.29 is 9.53 Å². The van der Waals surface area contributed by atoms with Crippen LogP contribution in [0.3, 0.4) is 0 Å². The molecule has 1 unspecified atom stereocenters. The van der Waals surface area contributed by atoms with Crippen LogP contribution in [0.5, 0.6) is 0 Å². The number of rotatable bonds is 7. The molecule has 0 bridgehead atoms. The largest absolute Gasteiger partial charge is 0.385 e. The zero-order valence-corrected chi connectivity index (χ0v) is 13.1. The van der Waals surface area contributed by atoms with Gasteiger partial charge in [-0.2, -0.15) is 0 Å². The van der Waals surface area contributed by atoms with Crippen LogP contribution in [-0.4, -0.2) is 36.6 Å². The van der Waals surface area contributed by atoms with Gasteiger partial charge in [0.2, 0.25) is 5.91 Å². The Balaban J connectivity index is 2.76. The van der Waals surface area contributed by atoms with Crippen molar-refractivity contribution in [3.63, 3.8) is 0 Å². The first-order valence-corrected chi connectivity index (χ1v) is 7.13. The molecule has 112 valence electrons. The molecule has 1 aromatic rings. The predicted octanol–water partition coefficient (Wildman–Crippen LogP) is 2.44. The summed E-state index contributed by atoms with van der Waals surface area (Å²) in [6, 6.07) is 7.06. The molecule has 1 rings (SSSR count). The molecule has 2 N–H and O–H groups in total. The van der Waals surface area contributed by atoms with E-state index in [0.29, 0.717) is 24.6 Å². The summed E-state index contributed by atoms with van der Waals surface area (Å²) in [5.74, 6) is -0.0583. The topological polar surface area (TPSA) is 55.6 Å². The van der Waals surface area contributed by atoms with Gasteiger partial charge in [-0.1, -0.05) is 23.7 Å². The SMILES string of the molecule is COCCC(N)C(=O)N(Cc1cccc(Cl)c1)C(C)C. The van der Waals surface area contributed by atoms with E-state index in [0.717, 1.165) is 5.56 Å². The predicted molar refractivity (Wildman–Crippen MR) is 81.6 cm³/mol. The van der Waals surface area contributed by atoms with Gasteiger partial charge in [0.05, 0.1) is 6.04 Å². The summed E-state index contributed by atoms with van der Waals surface area (Å²) in [7, 11) is 1.60. The Morgan fingerprint density at radius 3 is 2.70 bits per heavy atom. The van der Waals surface area contributed by atoms with Crippen LogP contribution in [0.4, 0.5) is 0 Å². The zero-order valence-electron chi connectivity index (χ0n) is 12.3. The lowest BCUT2D eigenvalue weighted by Gasteiger charge is -2.29. The molecule has 1 aromatic carbocycles. The normalized spacial score (nSPS) is 12.5. The lowest BCUT2D eigenvalue weighted by Crippen LogP contribution is -2.46. The Morgan fingerprint density at radius 2 is 2.15 bits per heavy atom. The van der Waals surface area contributed by atoms with Gasteiger partial charge >= 0.3 is 0 Å². The standard InChI is InChI=1S/C15H23ClN2O2/c1-11(2)18(15(19)14(17)7-8-20-3)10-12-5-4-6-13(16)9-12/h4-6,9,11,14H,7-8,10,17H2,1-3H3. The van der Waals surface area contributed by atoms with E-state index in [1.807, 2.05) is 38.1 Å². The van der Waals surface area contributed by atoms with E-state index >= 15 is 0 Å². The van der Waals surface area contributed by atoms with Gasteiger partial charge in [0, 0.05) is 31.3 Å². The van der Waals surface area contributed by atoms with Gasteiger partial charge in [0.25, 0.3) is 0 Å². The molecule has 0 saturated heterocycles. The average molecular weight is 299 g/mol. The van der Waals surface area contributed by atoms with E-state index in [2.05, 4.69) is 0 Å². The molecule has 0 heterocycles. The molecule has 0 spiro atoms. The number of carbonyl (C=O) groups excluding carboxylic acids is 1. The maximum Gasteiger partial charge on any atom is 0.240 e. The highest BCUT2D eigenvalue weighted by atomic mass is 35.5. The van der Waals surface area contributed by atoms with Crippen molar-refractivity contribution in [1.29, 1.82) is 0 Å². The van der Waals surface area contributed by atoms with E-state index in [4.69, 9.17) is 22.1 Å². The number of hydrogen-bond donors (Lipinski definition) is 1. The highest BCUT2D eigenvalue weighted by Crippen LogP contribution is 2.15. The molecule has 0 fully saturated rings. The third-order valence-electron chi connectivity index (χ3n) is 3.10. The Kier molecular flexibility index (Phi) is 6.99. The lowest BCUT2D eigenvalue weighted by atomic mass is 10.1. The van der Waals surface area contributed by atoms with Crippen molar-refractivity contribution in [3.05, 3.63) is 34.9 Å². The van der Waals surface area contributed by atoms with Gasteiger partial charge in [-0.3, -0.25) is 4.79 Å². The minimum atomic E-state index is -0.531. The summed E-state index contributed by atoms with van der Waals surface area (Å²) in [6.07, 6.45) is 0.522. The number of hydrogen-bond acceptors (Lipinski definition) is 3. The number of amides is 1. The molecule has 0 saturated carbocycles. The van der Waals surface area contributed by atoms with Gasteiger partial charge in [-0.15, -0.1) is 0 Å². The first kappa shape index (κ1) is 17.0. The number of ether oxygens (including phenoxy) is 1. The molecular weight excluding hydrogens is 276 g/mol. The Bertz CT molecular complexity index is 438. The zero-order chi connectivity index (χ0) is 15.1. The summed E-state index contributed by atoms with van der Waals surface area (Å²) < 4.78 is 4.97. The first-order chi connectivity index (χ1) is 9.45. The van der Waals surface area contributed by atoms with Crippen LogP contribution >= 0.6 is 11.6 Å². The van der Waals surface area contributed by atoms with Crippen LogP contribution in [0.25, 0.3) is 0 Å². The minimum absolute atomic E-state index is 0.0583. The summed E-state index contributed by atoms with van der Waals surface area (Å²) in [5.41, 5.74) is 6.93. The van der Waals surface area contributed by atoms with Crippen LogP contribution in [0.15, 0.2) is 24.3 Å².